The molecule has 1 aromatic carbocycles. The molecule has 0 N–H and O–H groups in total. The van der Waals surface area contributed by atoms with Crippen LogP contribution in [0.25, 0.3) is 0 Å². The molecule has 1 nitrogen and oxygen atoms in total. The Labute approximate surface area is 97.5 Å². The van der Waals surface area contributed by atoms with Crippen LogP contribution < -0.4 is 0 Å². The second-order valence-electron chi connectivity index (χ2n) is 3.70. The lowest BCUT2D eigenvalue weighted by molar-refractivity contribution is 0.103. The molecule has 0 saturated heterocycles. The topological polar surface area (TPSA) is 17.1 Å². The van der Waals surface area contributed by atoms with Crippen molar-refractivity contribution in [1.82, 2.24) is 0 Å². The number of benzene rings is 1. The number of allylic oxidation sites excluding steroid dienone is 3. The van der Waals surface area contributed by atoms with Gasteiger partial charge in [-0.3, -0.25) is 4.79 Å². The van der Waals surface area contributed by atoms with Crippen molar-refractivity contribution in [1.29, 1.82) is 0 Å². The minimum Gasteiger partial charge on any atom is -0.289 e. The molecule has 0 radical (unpaired) electrons. The van der Waals surface area contributed by atoms with Crippen molar-refractivity contribution in [3.8, 4) is 0 Å². The fourth-order valence-electron chi connectivity index (χ4n) is 1.49. The lowest BCUT2D eigenvalue weighted by Crippen LogP contribution is -2.00. The number of rotatable bonds is 6. The summed E-state index contributed by atoms with van der Waals surface area (Å²) < 4.78 is 0. The summed E-state index contributed by atoms with van der Waals surface area (Å²) in [6.45, 7) is 5.84. The largest absolute Gasteiger partial charge is 0.289 e. The molecule has 0 bridgehead atoms. The summed E-state index contributed by atoms with van der Waals surface area (Å²) in [4.78, 5) is 12.0. The van der Waals surface area contributed by atoms with Crippen molar-refractivity contribution < 1.29 is 4.79 Å². The molecule has 0 aliphatic heterocycles. The normalized spacial score (nSPS) is 11.2. The Balaban J connectivity index is 2.78. The van der Waals surface area contributed by atoms with E-state index in [1.54, 1.807) is 6.08 Å². The minimum absolute atomic E-state index is 0.0618. The summed E-state index contributed by atoms with van der Waals surface area (Å²) in [5, 5.41) is 0. The highest BCUT2D eigenvalue weighted by Crippen LogP contribution is 2.11. The smallest absolute Gasteiger partial charge is 0.192 e. The monoisotopic (exact) mass is 214 g/mol. The van der Waals surface area contributed by atoms with Crippen LogP contribution in [0.15, 0.2) is 54.6 Å². The van der Waals surface area contributed by atoms with Gasteiger partial charge in [-0.1, -0.05) is 68.8 Å². The van der Waals surface area contributed by atoms with E-state index in [0.717, 1.165) is 24.8 Å². The highest BCUT2D eigenvalue weighted by atomic mass is 16.1. The Bertz CT molecular complexity index is 374. The van der Waals surface area contributed by atoms with Crippen LogP contribution in [0.4, 0.5) is 0 Å². The van der Waals surface area contributed by atoms with Gasteiger partial charge in [-0.2, -0.15) is 0 Å². The van der Waals surface area contributed by atoms with Crippen molar-refractivity contribution >= 4 is 5.78 Å². The van der Waals surface area contributed by atoms with Crippen LogP contribution in [0.2, 0.25) is 0 Å². The summed E-state index contributed by atoms with van der Waals surface area (Å²) in [6.07, 6.45) is 6.81. The van der Waals surface area contributed by atoms with Gasteiger partial charge < -0.3 is 0 Å². The van der Waals surface area contributed by atoms with Gasteiger partial charge in [0.2, 0.25) is 0 Å². The fraction of sp³-hybridized carbons (Fsp3) is 0.267. The average Bonchev–Trinajstić information content (AvgIpc) is 2.35. The predicted molar refractivity (Wildman–Crippen MR) is 68.6 cm³/mol. The van der Waals surface area contributed by atoms with Crippen LogP contribution in [0.5, 0.6) is 0 Å². The lowest BCUT2D eigenvalue weighted by atomic mass is 10.0. The standard InChI is InChI=1S/C15H18O/c1-3-5-7-10-13(4-2)15(16)14-11-8-6-9-12-14/h4,6,8-12H,2-3,5,7H2,1H3/b13-10+. The van der Waals surface area contributed by atoms with Gasteiger partial charge in [-0.25, -0.2) is 0 Å². The quantitative estimate of drug-likeness (QED) is 0.300. The Hall–Kier alpha value is -1.63. The molecule has 0 saturated carbocycles. The highest BCUT2D eigenvalue weighted by Gasteiger charge is 2.07. The maximum Gasteiger partial charge on any atom is 0.192 e. The van der Waals surface area contributed by atoms with Crippen LogP contribution >= 0.6 is 0 Å². The van der Waals surface area contributed by atoms with Gasteiger partial charge in [0.1, 0.15) is 0 Å². The van der Waals surface area contributed by atoms with Crippen LogP contribution in [0.1, 0.15) is 36.5 Å². The molecular weight excluding hydrogens is 196 g/mol. The first-order valence-electron chi connectivity index (χ1n) is 5.72. The fourth-order valence-corrected chi connectivity index (χ4v) is 1.49. The Morgan fingerprint density at radius 1 is 1.31 bits per heavy atom. The molecule has 0 aromatic heterocycles. The van der Waals surface area contributed by atoms with E-state index in [0.29, 0.717) is 5.57 Å². The molecular formula is C15H18O. The Kier molecular flexibility index (Phi) is 5.27. The lowest BCUT2D eigenvalue weighted by Gasteiger charge is -2.01. The zero-order chi connectivity index (χ0) is 11.8. The predicted octanol–water partition coefficient (Wildman–Crippen LogP) is 4.17. The molecule has 0 aliphatic rings. The SMILES string of the molecule is C=C/C(=C\CCCC)C(=O)c1ccccc1. The van der Waals surface area contributed by atoms with Crippen molar-refractivity contribution in [2.45, 2.75) is 26.2 Å². The van der Waals surface area contributed by atoms with E-state index in [2.05, 4.69) is 13.5 Å². The van der Waals surface area contributed by atoms with Crippen LogP contribution in [0, 0.1) is 0 Å². The highest BCUT2D eigenvalue weighted by molar-refractivity contribution is 6.10. The van der Waals surface area contributed by atoms with E-state index in [-0.39, 0.29) is 5.78 Å². The molecule has 0 unspecified atom stereocenters. The minimum atomic E-state index is 0.0618. The number of carbonyl (C=O) groups is 1. The number of hydrogen-bond acceptors (Lipinski definition) is 1. The maximum atomic E-state index is 12.0. The van der Waals surface area contributed by atoms with E-state index in [4.69, 9.17) is 0 Å². The number of hydrogen-bond donors (Lipinski definition) is 0. The maximum absolute atomic E-state index is 12.0. The number of carbonyl (C=O) groups excluding carboxylic acids is 1. The third-order valence-electron chi connectivity index (χ3n) is 2.44. The first kappa shape index (κ1) is 12.4. The van der Waals surface area contributed by atoms with E-state index >= 15 is 0 Å². The zero-order valence-corrected chi connectivity index (χ0v) is 9.78. The molecule has 0 fully saturated rings. The molecule has 0 atom stereocenters. The third-order valence-corrected chi connectivity index (χ3v) is 2.44. The van der Waals surface area contributed by atoms with Crippen LogP contribution in [0.3, 0.4) is 0 Å². The number of ketones is 1. The molecule has 1 aromatic rings. The summed E-state index contributed by atoms with van der Waals surface area (Å²) in [5.74, 6) is 0.0618. The van der Waals surface area contributed by atoms with E-state index in [1.165, 1.54) is 0 Å². The molecule has 1 heteroatoms. The Morgan fingerprint density at radius 2 is 2.00 bits per heavy atom. The van der Waals surface area contributed by atoms with Crippen LogP contribution in [-0.2, 0) is 0 Å². The molecule has 0 heterocycles. The summed E-state index contributed by atoms with van der Waals surface area (Å²) in [6, 6.07) is 9.32. The van der Waals surface area contributed by atoms with Gasteiger partial charge in [-0.15, -0.1) is 0 Å². The van der Waals surface area contributed by atoms with E-state index in [9.17, 15) is 4.79 Å². The summed E-state index contributed by atoms with van der Waals surface area (Å²) in [5.41, 5.74) is 1.43. The van der Waals surface area contributed by atoms with E-state index < -0.39 is 0 Å². The second kappa shape index (κ2) is 6.78. The van der Waals surface area contributed by atoms with Gasteiger partial charge in [0.25, 0.3) is 0 Å². The van der Waals surface area contributed by atoms with Gasteiger partial charge in [0, 0.05) is 11.1 Å². The molecule has 16 heavy (non-hydrogen) atoms. The molecule has 84 valence electrons. The van der Waals surface area contributed by atoms with Gasteiger partial charge in [0.15, 0.2) is 5.78 Å². The third kappa shape index (κ3) is 3.50. The van der Waals surface area contributed by atoms with Crippen molar-refractivity contribution in [3.63, 3.8) is 0 Å². The molecule has 1 rings (SSSR count). The second-order valence-corrected chi connectivity index (χ2v) is 3.70. The van der Waals surface area contributed by atoms with Gasteiger partial charge in [-0.05, 0) is 6.42 Å². The first-order valence-corrected chi connectivity index (χ1v) is 5.72. The van der Waals surface area contributed by atoms with E-state index in [1.807, 2.05) is 36.4 Å². The summed E-state index contributed by atoms with van der Waals surface area (Å²) >= 11 is 0. The zero-order valence-electron chi connectivity index (χ0n) is 9.78. The number of unbranched alkanes of at least 4 members (excludes halogenated alkanes) is 2. The first-order chi connectivity index (χ1) is 7.79. The average molecular weight is 214 g/mol. The summed E-state index contributed by atoms with van der Waals surface area (Å²) in [7, 11) is 0. The van der Waals surface area contributed by atoms with Crippen LogP contribution in [-0.4, -0.2) is 5.78 Å². The number of Topliss-reactive ketones (excluding diaryl/α,β-unsaturated/α-hetero) is 1. The van der Waals surface area contributed by atoms with Crippen molar-refractivity contribution in [3.05, 3.63) is 60.2 Å². The Morgan fingerprint density at radius 3 is 2.56 bits per heavy atom. The molecule has 0 amide bonds. The van der Waals surface area contributed by atoms with Gasteiger partial charge >= 0.3 is 0 Å². The van der Waals surface area contributed by atoms with Gasteiger partial charge in [0.05, 0.1) is 0 Å². The molecule has 0 aliphatic carbocycles. The van der Waals surface area contributed by atoms with Crippen molar-refractivity contribution in [2.24, 2.45) is 0 Å². The molecule has 0 spiro atoms. The van der Waals surface area contributed by atoms with Crippen molar-refractivity contribution in [2.75, 3.05) is 0 Å².